The summed E-state index contributed by atoms with van der Waals surface area (Å²) >= 11 is 0. The summed E-state index contributed by atoms with van der Waals surface area (Å²) in [5, 5.41) is 0. The average molecular weight is 218 g/mol. The van der Waals surface area contributed by atoms with E-state index in [2.05, 4.69) is 32.7 Å². The predicted octanol–water partition coefficient (Wildman–Crippen LogP) is 4.38. The van der Waals surface area contributed by atoms with Gasteiger partial charge in [-0.2, -0.15) is 0 Å². The summed E-state index contributed by atoms with van der Waals surface area (Å²) in [6.07, 6.45) is 7.26. The standard InChI is InChI=1S/C15H22O/c1-6-13(4)8-7-9-14(5)10-11-15(16)12(2)3/h6,9H,1-2,4,7-8,10-11H2,3,5H3/b14-9+. The number of ketones is 1. The molecule has 0 aromatic rings. The lowest BCUT2D eigenvalue weighted by atomic mass is 10.0. The van der Waals surface area contributed by atoms with Gasteiger partial charge in [-0.3, -0.25) is 4.79 Å². The van der Waals surface area contributed by atoms with Crippen molar-refractivity contribution < 1.29 is 4.79 Å². The van der Waals surface area contributed by atoms with Gasteiger partial charge in [0.05, 0.1) is 0 Å². The maximum atomic E-state index is 11.3. The lowest BCUT2D eigenvalue weighted by Crippen LogP contribution is -1.98. The van der Waals surface area contributed by atoms with E-state index < -0.39 is 0 Å². The molecule has 0 N–H and O–H groups in total. The molecule has 0 aliphatic heterocycles. The van der Waals surface area contributed by atoms with Gasteiger partial charge in [-0.1, -0.05) is 43.0 Å². The molecular weight excluding hydrogens is 196 g/mol. The Morgan fingerprint density at radius 3 is 2.25 bits per heavy atom. The van der Waals surface area contributed by atoms with Gasteiger partial charge in [0.1, 0.15) is 0 Å². The van der Waals surface area contributed by atoms with Crippen molar-refractivity contribution in [2.75, 3.05) is 0 Å². The van der Waals surface area contributed by atoms with E-state index in [-0.39, 0.29) is 5.78 Å². The summed E-state index contributed by atoms with van der Waals surface area (Å²) in [4.78, 5) is 11.3. The molecule has 0 amide bonds. The Morgan fingerprint density at radius 2 is 1.75 bits per heavy atom. The van der Waals surface area contributed by atoms with Crippen LogP contribution in [0.2, 0.25) is 0 Å². The largest absolute Gasteiger partial charge is 0.295 e. The number of Topliss-reactive ketones (excluding diaryl/α,β-unsaturated/α-hetero) is 1. The van der Waals surface area contributed by atoms with Gasteiger partial charge in [0.25, 0.3) is 0 Å². The maximum absolute atomic E-state index is 11.3. The maximum Gasteiger partial charge on any atom is 0.158 e. The van der Waals surface area contributed by atoms with E-state index in [1.54, 1.807) is 13.0 Å². The summed E-state index contributed by atoms with van der Waals surface area (Å²) in [5.41, 5.74) is 2.96. The molecule has 0 unspecified atom stereocenters. The number of hydrogen-bond donors (Lipinski definition) is 0. The summed E-state index contributed by atoms with van der Waals surface area (Å²) < 4.78 is 0. The molecule has 0 saturated carbocycles. The molecule has 0 spiro atoms. The van der Waals surface area contributed by atoms with Crippen LogP contribution in [-0.4, -0.2) is 5.78 Å². The highest BCUT2D eigenvalue weighted by molar-refractivity contribution is 5.94. The molecule has 16 heavy (non-hydrogen) atoms. The number of hydrogen-bond acceptors (Lipinski definition) is 1. The van der Waals surface area contributed by atoms with Crippen LogP contribution in [0, 0.1) is 0 Å². The quantitative estimate of drug-likeness (QED) is 0.335. The van der Waals surface area contributed by atoms with Gasteiger partial charge in [0.15, 0.2) is 5.78 Å². The van der Waals surface area contributed by atoms with Crippen LogP contribution in [-0.2, 0) is 4.79 Å². The summed E-state index contributed by atoms with van der Waals surface area (Å²) in [7, 11) is 0. The van der Waals surface area contributed by atoms with Crippen LogP contribution in [0.1, 0.15) is 39.5 Å². The molecule has 0 atom stereocenters. The van der Waals surface area contributed by atoms with E-state index in [0.29, 0.717) is 12.0 Å². The number of carbonyl (C=O) groups excluding carboxylic acids is 1. The fourth-order valence-corrected chi connectivity index (χ4v) is 1.23. The summed E-state index contributed by atoms with van der Waals surface area (Å²) in [5.74, 6) is 0.156. The minimum absolute atomic E-state index is 0.156. The molecule has 0 aliphatic rings. The van der Waals surface area contributed by atoms with Crippen LogP contribution in [0.5, 0.6) is 0 Å². The Labute approximate surface area is 99.3 Å². The Balaban J connectivity index is 3.88. The highest BCUT2D eigenvalue weighted by Gasteiger charge is 2.01. The number of carbonyl (C=O) groups is 1. The Bertz CT molecular complexity index is 318. The molecule has 0 heterocycles. The van der Waals surface area contributed by atoms with Crippen LogP contribution in [0.4, 0.5) is 0 Å². The third-order valence-electron chi connectivity index (χ3n) is 2.47. The van der Waals surface area contributed by atoms with Crippen molar-refractivity contribution >= 4 is 5.78 Å². The van der Waals surface area contributed by atoms with E-state index in [1.165, 1.54) is 5.57 Å². The van der Waals surface area contributed by atoms with Crippen molar-refractivity contribution in [1.29, 1.82) is 0 Å². The lowest BCUT2D eigenvalue weighted by Gasteiger charge is -2.01. The van der Waals surface area contributed by atoms with Crippen LogP contribution in [0.3, 0.4) is 0 Å². The highest BCUT2D eigenvalue weighted by atomic mass is 16.1. The minimum Gasteiger partial charge on any atom is -0.295 e. The number of rotatable bonds is 8. The third-order valence-corrected chi connectivity index (χ3v) is 2.47. The molecule has 0 aromatic heterocycles. The summed E-state index contributed by atoms with van der Waals surface area (Å²) in [6.45, 7) is 15.0. The molecule has 0 aliphatic carbocycles. The van der Waals surface area contributed by atoms with Gasteiger partial charge in [-0.05, 0) is 38.7 Å². The van der Waals surface area contributed by atoms with Gasteiger partial charge >= 0.3 is 0 Å². The monoisotopic (exact) mass is 218 g/mol. The van der Waals surface area contributed by atoms with E-state index in [0.717, 1.165) is 24.8 Å². The van der Waals surface area contributed by atoms with Crippen LogP contribution >= 0.6 is 0 Å². The van der Waals surface area contributed by atoms with Gasteiger partial charge < -0.3 is 0 Å². The molecular formula is C15H22O. The first-order chi connectivity index (χ1) is 7.47. The van der Waals surface area contributed by atoms with Crippen molar-refractivity contribution in [3.8, 4) is 0 Å². The predicted molar refractivity (Wildman–Crippen MR) is 71.4 cm³/mol. The molecule has 1 nitrogen and oxygen atoms in total. The lowest BCUT2D eigenvalue weighted by molar-refractivity contribution is -0.115. The van der Waals surface area contributed by atoms with Gasteiger partial charge in [0, 0.05) is 6.42 Å². The second-order valence-corrected chi connectivity index (χ2v) is 4.16. The first kappa shape index (κ1) is 14.6. The third kappa shape index (κ3) is 6.99. The summed E-state index contributed by atoms with van der Waals surface area (Å²) in [6, 6.07) is 0. The van der Waals surface area contributed by atoms with Gasteiger partial charge in [0.2, 0.25) is 0 Å². The van der Waals surface area contributed by atoms with E-state index >= 15 is 0 Å². The molecule has 0 saturated heterocycles. The van der Waals surface area contributed by atoms with E-state index in [1.807, 2.05) is 0 Å². The van der Waals surface area contributed by atoms with Crippen molar-refractivity contribution in [2.24, 2.45) is 0 Å². The van der Waals surface area contributed by atoms with Crippen molar-refractivity contribution in [3.63, 3.8) is 0 Å². The van der Waals surface area contributed by atoms with Crippen LogP contribution in [0.15, 0.2) is 48.6 Å². The van der Waals surface area contributed by atoms with Gasteiger partial charge in [-0.25, -0.2) is 0 Å². The van der Waals surface area contributed by atoms with E-state index in [9.17, 15) is 4.79 Å². The first-order valence-electron chi connectivity index (χ1n) is 5.62. The first-order valence-corrected chi connectivity index (χ1v) is 5.62. The molecule has 0 bridgehead atoms. The Hall–Kier alpha value is -1.37. The van der Waals surface area contributed by atoms with Crippen molar-refractivity contribution in [1.82, 2.24) is 0 Å². The second-order valence-electron chi connectivity index (χ2n) is 4.16. The molecule has 0 aromatic carbocycles. The van der Waals surface area contributed by atoms with Gasteiger partial charge in [-0.15, -0.1) is 0 Å². The normalized spacial score (nSPS) is 11.0. The van der Waals surface area contributed by atoms with E-state index in [4.69, 9.17) is 0 Å². The fourth-order valence-electron chi connectivity index (χ4n) is 1.23. The van der Waals surface area contributed by atoms with Crippen molar-refractivity contribution in [3.05, 3.63) is 48.6 Å². The minimum atomic E-state index is 0.156. The highest BCUT2D eigenvalue weighted by Crippen LogP contribution is 2.11. The van der Waals surface area contributed by atoms with Crippen molar-refractivity contribution in [2.45, 2.75) is 39.5 Å². The number of allylic oxidation sites excluding steroid dienone is 5. The zero-order valence-electron chi connectivity index (χ0n) is 10.5. The van der Waals surface area contributed by atoms with Crippen LogP contribution in [0.25, 0.3) is 0 Å². The zero-order chi connectivity index (χ0) is 12.6. The Kier molecular flexibility index (Phi) is 7.19. The van der Waals surface area contributed by atoms with Crippen LogP contribution < -0.4 is 0 Å². The molecule has 0 fully saturated rings. The average Bonchev–Trinajstić information content (AvgIpc) is 2.25. The second kappa shape index (κ2) is 7.86. The molecule has 1 heteroatoms. The fraction of sp³-hybridized carbons (Fsp3) is 0.400. The topological polar surface area (TPSA) is 17.1 Å². The SMILES string of the molecule is C=CC(=C)CC/C=C(\C)CCC(=O)C(=C)C. The molecule has 0 rings (SSSR count). The molecule has 88 valence electrons. The Morgan fingerprint density at radius 1 is 1.12 bits per heavy atom. The zero-order valence-corrected chi connectivity index (χ0v) is 10.5. The smallest absolute Gasteiger partial charge is 0.158 e. The molecule has 0 radical (unpaired) electrons.